The van der Waals surface area contributed by atoms with Crippen LogP contribution in [0.15, 0.2) is 0 Å². The standard InChI is InChI=1S/C18H32O3.CO/c1-13-3-7-16(8-4-13)21-17-9-5-15(6-10-17)18-19-11-14(2)12-20-18;1-2/h13-18H,3-12H2,1-2H3;. The summed E-state index contributed by atoms with van der Waals surface area (Å²) in [4.78, 5) is 0. The molecule has 0 aromatic heterocycles. The molecule has 0 unspecified atom stereocenters. The van der Waals surface area contributed by atoms with E-state index in [0.29, 0.717) is 24.0 Å². The summed E-state index contributed by atoms with van der Waals surface area (Å²) >= 11 is 0. The van der Waals surface area contributed by atoms with E-state index in [2.05, 4.69) is 20.5 Å². The Bertz CT molecular complexity index is 333. The van der Waals surface area contributed by atoms with Crippen LogP contribution in [-0.4, -0.2) is 31.7 Å². The third-order valence-corrected chi connectivity index (χ3v) is 5.54. The first-order chi connectivity index (χ1) is 11.2. The summed E-state index contributed by atoms with van der Waals surface area (Å²) in [5.41, 5.74) is 0. The quantitative estimate of drug-likeness (QED) is 0.580. The van der Waals surface area contributed by atoms with Crippen LogP contribution in [0, 0.1) is 24.4 Å². The molecular weight excluding hydrogens is 292 g/mol. The Hall–Kier alpha value is -0.380. The van der Waals surface area contributed by atoms with Gasteiger partial charge in [-0.2, -0.15) is 0 Å². The van der Waals surface area contributed by atoms with Gasteiger partial charge in [0.05, 0.1) is 25.4 Å². The second-order valence-electron chi connectivity index (χ2n) is 7.69. The van der Waals surface area contributed by atoms with E-state index in [1.54, 1.807) is 0 Å². The van der Waals surface area contributed by atoms with Crippen molar-refractivity contribution in [3.8, 4) is 0 Å². The van der Waals surface area contributed by atoms with E-state index < -0.39 is 0 Å². The SMILES string of the molecule is CC1CCC(OC2CCC(C3OCC(C)CO3)CC2)CC1.[C-]#[O+]. The van der Waals surface area contributed by atoms with Gasteiger partial charge in [-0.05, 0) is 57.3 Å². The monoisotopic (exact) mass is 324 g/mol. The van der Waals surface area contributed by atoms with E-state index in [-0.39, 0.29) is 6.29 Å². The van der Waals surface area contributed by atoms with Crippen LogP contribution >= 0.6 is 0 Å². The predicted molar refractivity (Wildman–Crippen MR) is 87.0 cm³/mol. The molecule has 0 spiro atoms. The molecule has 2 saturated carbocycles. The zero-order valence-electron chi connectivity index (χ0n) is 14.7. The van der Waals surface area contributed by atoms with Gasteiger partial charge in [0, 0.05) is 11.8 Å². The molecule has 0 radical (unpaired) electrons. The molecule has 1 heterocycles. The van der Waals surface area contributed by atoms with Gasteiger partial charge < -0.3 is 14.2 Å². The van der Waals surface area contributed by atoms with Gasteiger partial charge in [-0.25, -0.2) is 0 Å². The summed E-state index contributed by atoms with van der Waals surface area (Å²) in [6, 6.07) is 0. The topological polar surface area (TPSA) is 47.6 Å². The van der Waals surface area contributed by atoms with Gasteiger partial charge in [-0.1, -0.05) is 13.8 Å². The first kappa shape index (κ1) is 19.0. The third-order valence-electron chi connectivity index (χ3n) is 5.54. The Morgan fingerprint density at radius 2 is 1.22 bits per heavy atom. The zero-order chi connectivity index (χ0) is 16.7. The normalized spacial score (nSPS) is 41.6. The number of ether oxygens (including phenoxy) is 3. The molecule has 2 aliphatic carbocycles. The average molecular weight is 324 g/mol. The Morgan fingerprint density at radius 1 is 0.739 bits per heavy atom. The minimum atomic E-state index is 0.0534. The molecule has 132 valence electrons. The third kappa shape index (κ3) is 5.88. The summed E-state index contributed by atoms with van der Waals surface area (Å²) in [5.74, 6) is 2.04. The van der Waals surface area contributed by atoms with Gasteiger partial charge in [-0.15, -0.1) is 0 Å². The molecule has 0 bridgehead atoms. The van der Waals surface area contributed by atoms with Crippen molar-refractivity contribution in [2.75, 3.05) is 13.2 Å². The minimum absolute atomic E-state index is 0.0534. The van der Waals surface area contributed by atoms with Crippen LogP contribution in [0.3, 0.4) is 0 Å². The first-order valence-electron chi connectivity index (χ1n) is 9.29. The number of hydrogen-bond donors (Lipinski definition) is 0. The zero-order valence-corrected chi connectivity index (χ0v) is 14.7. The summed E-state index contributed by atoms with van der Waals surface area (Å²) in [5, 5.41) is 0. The predicted octanol–water partition coefficient (Wildman–Crippen LogP) is 4.11. The molecule has 4 heteroatoms. The van der Waals surface area contributed by atoms with E-state index >= 15 is 0 Å². The molecule has 3 fully saturated rings. The van der Waals surface area contributed by atoms with Crippen LogP contribution in [0.5, 0.6) is 0 Å². The Kier molecular flexibility index (Phi) is 8.08. The van der Waals surface area contributed by atoms with Crippen molar-refractivity contribution in [2.45, 2.75) is 83.7 Å². The molecule has 3 rings (SSSR count). The summed E-state index contributed by atoms with van der Waals surface area (Å²) in [6.45, 7) is 10.8. The van der Waals surface area contributed by atoms with Crippen molar-refractivity contribution in [2.24, 2.45) is 17.8 Å². The van der Waals surface area contributed by atoms with Crippen molar-refractivity contribution in [1.82, 2.24) is 0 Å². The molecule has 0 amide bonds. The van der Waals surface area contributed by atoms with Crippen LogP contribution in [0.1, 0.15) is 65.2 Å². The second kappa shape index (κ2) is 9.80. The van der Waals surface area contributed by atoms with Gasteiger partial charge in [0.1, 0.15) is 0 Å². The molecule has 1 aliphatic heterocycles. The number of rotatable bonds is 3. The summed E-state index contributed by atoms with van der Waals surface area (Å²) < 4.78 is 25.6. The van der Waals surface area contributed by atoms with Crippen LogP contribution in [0.25, 0.3) is 0 Å². The second-order valence-corrected chi connectivity index (χ2v) is 7.69. The van der Waals surface area contributed by atoms with Gasteiger partial charge in [0.25, 0.3) is 0 Å². The van der Waals surface area contributed by atoms with E-state index in [1.807, 2.05) is 0 Å². The van der Waals surface area contributed by atoms with Crippen LogP contribution in [0.4, 0.5) is 0 Å². The van der Waals surface area contributed by atoms with Gasteiger partial charge >= 0.3 is 11.3 Å². The molecule has 0 aromatic rings. The van der Waals surface area contributed by atoms with Crippen molar-refractivity contribution in [1.29, 1.82) is 0 Å². The maximum absolute atomic E-state index is 7.50. The van der Waals surface area contributed by atoms with Crippen molar-refractivity contribution in [3.05, 3.63) is 6.65 Å². The summed E-state index contributed by atoms with van der Waals surface area (Å²) in [7, 11) is 0. The molecule has 0 atom stereocenters. The van der Waals surface area contributed by atoms with Gasteiger partial charge in [0.15, 0.2) is 6.29 Å². The van der Waals surface area contributed by atoms with Crippen molar-refractivity contribution >= 4 is 0 Å². The van der Waals surface area contributed by atoms with Gasteiger partial charge in [0.2, 0.25) is 0 Å². The number of hydrogen-bond acceptors (Lipinski definition) is 3. The van der Waals surface area contributed by atoms with E-state index in [4.69, 9.17) is 18.9 Å². The average Bonchev–Trinajstić information content (AvgIpc) is 2.60. The van der Waals surface area contributed by atoms with Crippen LogP contribution in [0.2, 0.25) is 0 Å². The van der Waals surface area contributed by atoms with E-state index in [1.165, 1.54) is 51.4 Å². The molecule has 4 nitrogen and oxygen atoms in total. The molecule has 1 saturated heterocycles. The fraction of sp³-hybridized carbons (Fsp3) is 0.947. The van der Waals surface area contributed by atoms with Crippen LogP contribution < -0.4 is 0 Å². The Balaban J connectivity index is 0.000000924. The first-order valence-corrected chi connectivity index (χ1v) is 9.29. The maximum atomic E-state index is 7.50. The van der Waals surface area contributed by atoms with Crippen molar-refractivity contribution < 1.29 is 18.9 Å². The molecular formula is C19H32O4. The Morgan fingerprint density at radius 3 is 1.74 bits per heavy atom. The molecule has 0 N–H and O–H groups in total. The van der Waals surface area contributed by atoms with Gasteiger partial charge in [-0.3, -0.25) is 0 Å². The molecule has 3 aliphatic rings. The van der Waals surface area contributed by atoms with E-state index in [9.17, 15) is 0 Å². The molecule has 23 heavy (non-hydrogen) atoms. The fourth-order valence-electron chi connectivity index (χ4n) is 4.02. The Labute approximate surface area is 141 Å². The fourth-order valence-corrected chi connectivity index (χ4v) is 4.02. The summed E-state index contributed by atoms with van der Waals surface area (Å²) in [6.07, 6.45) is 11.1. The van der Waals surface area contributed by atoms with E-state index in [0.717, 1.165) is 19.1 Å². The van der Waals surface area contributed by atoms with Crippen LogP contribution in [-0.2, 0) is 18.9 Å². The molecule has 0 aromatic carbocycles. The van der Waals surface area contributed by atoms with Crippen molar-refractivity contribution in [3.63, 3.8) is 0 Å².